The number of amides is 1. The highest BCUT2D eigenvalue weighted by Gasteiger charge is 2.10. The van der Waals surface area contributed by atoms with E-state index in [1.54, 1.807) is 24.5 Å². The summed E-state index contributed by atoms with van der Waals surface area (Å²) in [6, 6.07) is 1.59. The van der Waals surface area contributed by atoms with Crippen molar-refractivity contribution in [3.05, 3.63) is 38.9 Å². The van der Waals surface area contributed by atoms with Gasteiger partial charge in [-0.05, 0) is 12.5 Å². The molecule has 2 rings (SSSR count). The third kappa shape index (κ3) is 3.46. The van der Waals surface area contributed by atoms with Crippen LogP contribution in [0.4, 0.5) is 5.82 Å². The molecule has 7 heteroatoms. The summed E-state index contributed by atoms with van der Waals surface area (Å²) in [6.45, 7) is 2.49. The molecule has 0 unspecified atom stereocenters. The van der Waals surface area contributed by atoms with Gasteiger partial charge in [0.2, 0.25) is 0 Å². The average Bonchev–Trinajstić information content (AvgIpc) is 2.92. The van der Waals surface area contributed by atoms with Crippen LogP contribution in [-0.2, 0) is 13.0 Å². The zero-order valence-electron chi connectivity index (χ0n) is 11.2. The number of anilines is 1. The second-order valence-corrected chi connectivity index (χ2v) is 5.67. The number of thiazole rings is 1. The molecule has 2 heterocycles. The number of carbonyl (C=O) groups is 1. The maximum atomic E-state index is 12.0. The van der Waals surface area contributed by atoms with E-state index < -0.39 is 0 Å². The molecule has 0 radical (unpaired) electrons. The summed E-state index contributed by atoms with van der Waals surface area (Å²) >= 11 is 7.60. The molecule has 0 spiro atoms. The molecule has 2 N–H and O–H groups in total. The van der Waals surface area contributed by atoms with Crippen molar-refractivity contribution in [2.24, 2.45) is 0 Å². The van der Waals surface area contributed by atoms with Crippen molar-refractivity contribution < 1.29 is 4.79 Å². The third-order valence-corrected chi connectivity index (χ3v) is 4.12. The van der Waals surface area contributed by atoms with E-state index in [1.165, 1.54) is 11.1 Å². The lowest BCUT2D eigenvalue weighted by Crippen LogP contribution is -2.22. The number of hydrogen-bond acceptors (Lipinski definition) is 5. The lowest BCUT2D eigenvalue weighted by Gasteiger charge is -2.06. The molecule has 0 aromatic carbocycles. The fraction of sp³-hybridized carbons (Fsp3) is 0.308. The normalized spacial score (nSPS) is 10.3. The minimum atomic E-state index is -0.213. The molecule has 0 bridgehead atoms. The Kier molecular flexibility index (Phi) is 4.92. The van der Waals surface area contributed by atoms with Crippen molar-refractivity contribution in [1.82, 2.24) is 15.3 Å². The minimum Gasteiger partial charge on any atom is -0.372 e. The Labute approximate surface area is 126 Å². The van der Waals surface area contributed by atoms with Crippen molar-refractivity contribution in [1.29, 1.82) is 0 Å². The Morgan fingerprint density at radius 3 is 2.80 bits per heavy atom. The van der Waals surface area contributed by atoms with E-state index in [9.17, 15) is 4.79 Å². The fourth-order valence-corrected chi connectivity index (χ4v) is 2.66. The molecule has 0 aliphatic rings. The van der Waals surface area contributed by atoms with Crippen LogP contribution in [-0.4, -0.2) is 22.9 Å². The van der Waals surface area contributed by atoms with E-state index in [1.807, 2.05) is 6.20 Å². The predicted octanol–water partition coefficient (Wildman–Crippen LogP) is 2.73. The summed E-state index contributed by atoms with van der Waals surface area (Å²) < 4.78 is 0. The van der Waals surface area contributed by atoms with Gasteiger partial charge in [0.1, 0.15) is 10.8 Å². The van der Waals surface area contributed by atoms with Crippen molar-refractivity contribution in [2.45, 2.75) is 19.9 Å². The molecular formula is C13H15ClN4OS. The van der Waals surface area contributed by atoms with E-state index in [0.29, 0.717) is 22.9 Å². The Morgan fingerprint density at radius 1 is 1.40 bits per heavy atom. The molecule has 0 aliphatic carbocycles. The molecule has 0 saturated heterocycles. The standard InChI is InChI=1S/C13H15ClN4OS/c1-3-9-6-16-11(20-9)7-18-13(19)8-4-10(14)12(15-2)17-5-8/h4-6H,3,7H2,1-2H3,(H,15,17)(H,18,19). The monoisotopic (exact) mass is 310 g/mol. The van der Waals surface area contributed by atoms with Gasteiger partial charge in [-0.3, -0.25) is 4.79 Å². The van der Waals surface area contributed by atoms with E-state index in [4.69, 9.17) is 11.6 Å². The first-order valence-electron chi connectivity index (χ1n) is 6.19. The summed E-state index contributed by atoms with van der Waals surface area (Å²) in [4.78, 5) is 21.5. The van der Waals surface area contributed by atoms with Crippen molar-refractivity contribution in [3.8, 4) is 0 Å². The molecule has 0 saturated carbocycles. The second kappa shape index (κ2) is 6.67. The highest BCUT2D eigenvalue weighted by Crippen LogP contribution is 2.19. The first-order valence-corrected chi connectivity index (χ1v) is 7.38. The van der Waals surface area contributed by atoms with Gasteiger partial charge in [-0.15, -0.1) is 11.3 Å². The Hall–Kier alpha value is -1.66. The maximum Gasteiger partial charge on any atom is 0.253 e. The van der Waals surface area contributed by atoms with Crippen LogP contribution in [0.5, 0.6) is 0 Å². The zero-order chi connectivity index (χ0) is 14.5. The van der Waals surface area contributed by atoms with E-state index in [2.05, 4.69) is 27.5 Å². The van der Waals surface area contributed by atoms with Crippen LogP contribution in [0.1, 0.15) is 27.2 Å². The van der Waals surface area contributed by atoms with Gasteiger partial charge in [-0.2, -0.15) is 0 Å². The molecular weight excluding hydrogens is 296 g/mol. The molecule has 2 aromatic rings. The van der Waals surface area contributed by atoms with Crippen LogP contribution in [0, 0.1) is 0 Å². The van der Waals surface area contributed by atoms with Crippen LogP contribution in [0.15, 0.2) is 18.5 Å². The highest BCUT2D eigenvalue weighted by molar-refractivity contribution is 7.11. The van der Waals surface area contributed by atoms with Crippen LogP contribution in [0.2, 0.25) is 5.02 Å². The van der Waals surface area contributed by atoms with Gasteiger partial charge in [0.25, 0.3) is 5.91 Å². The van der Waals surface area contributed by atoms with E-state index in [0.717, 1.165) is 11.4 Å². The Morgan fingerprint density at radius 2 is 2.20 bits per heavy atom. The van der Waals surface area contributed by atoms with Gasteiger partial charge in [0.05, 0.1) is 17.1 Å². The third-order valence-electron chi connectivity index (χ3n) is 2.69. The summed E-state index contributed by atoms with van der Waals surface area (Å²) in [6.07, 6.45) is 4.29. The Bertz CT molecular complexity index is 614. The molecule has 5 nitrogen and oxygen atoms in total. The number of aryl methyl sites for hydroxylation is 1. The van der Waals surface area contributed by atoms with Crippen LogP contribution >= 0.6 is 22.9 Å². The van der Waals surface area contributed by atoms with Gasteiger partial charge in [-0.1, -0.05) is 18.5 Å². The summed E-state index contributed by atoms with van der Waals surface area (Å²) in [7, 11) is 1.72. The van der Waals surface area contributed by atoms with Crippen LogP contribution in [0.3, 0.4) is 0 Å². The van der Waals surface area contributed by atoms with Crippen molar-refractivity contribution in [3.63, 3.8) is 0 Å². The topological polar surface area (TPSA) is 66.9 Å². The Balaban J connectivity index is 1.99. The smallest absolute Gasteiger partial charge is 0.253 e. The van der Waals surface area contributed by atoms with Gasteiger partial charge in [-0.25, -0.2) is 9.97 Å². The van der Waals surface area contributed by atoms with E-state index >= 15 is 0 Å². The lowest BCUT2D eigenvalue weighted by atomic mass is 10.2. The van der Waals surface area contributed by atoms with Gasteiger partial charge < -0.3 is 10.6 Å². The molecule has 106 valence electrons. The zero-order valence-corrected chi connectivity index (χ0v) is 12.8. The van der Waals surface area contributed by atoms with Crippen molar-refractivity contribution >= 4 is 34.7 Å². The molecule has 2 aromatic heterocycles. The molecule has 0 atom stereocenters. The maximum absolute atomic E-state index is 12.0. The number of pyridine rings is 1. The number of nitrogens with zero attached hydrogens (tertiary/aromatic N) is 2. The average molecular weight is 311 g/mol. The SMILES string of the molecule is CCc1cnc(CNC(=O)c2cnc(NC)c(Cl)c2)s1. The minimum absolute atomic E-state index is 0.213. The summed E-state index contributed by atoms with van der Waals surface area (Å²) in [5.74, 6) is 0.339. The second-order valence-electron chi connectivity index (χ2n) is 4.06. The first kappa shape index (κ1) is 14.7. The van der Waals surface area contributed by atoms with E-state index in [-0.39, 0.29) is 5.91 Å². The summed E-state index contributed by atoms with van der Waals surface area (Å²) in [5, 5.41) is 6.96. The van der Waals surface area contributed by atoms with Crippen molar-refractivity contribution in [2.75, 3.05) is 12.4 Å². The van der Waals surface area contributed by atoms with Crippen LogP contribution < -0.4 is 10.6 Å². The number of nitrogens with one attached hydrogen (secondary N) is 2. The lowest BCUT2D eigenvalue weighted by molar-refractivity contribution is 0.0950. The quantitative estimate of drug-likeness (QED) is 0.891. The van der Waals surface area contributed by atoms with Gasteiger partial charge in [0.15, 0.2) is 0 Å². The van der Waals surface area contributed by atoms with Crippen LogP contribution in [0.25, 0.3) is 0 Å². The number of aromatic nitrogens is 2. The molecule has 0 aliphatic heterocycles. The molecule has 1 amide bonds. The fourth-order valence-electron chi connectivity index (χ4n) is 1.60. The number of hydrogen-bond donors (Lipinski definition) is 2. The van der Waals surface area contributed by atoms with Gasteiger partial charge >= 0.3 is 0 Å². The number of carbonyl (C=O) groups excluding carboxylic acids is 1. The largest absolute Gasteiger partial charge is 0.372 e. The molecule has 20 heavy (non-hydrogen) atoms. The first-order chi connectivity index (χ1) is 9.63. The predicted molar refractivity (Wildman–Crippen MR) is 81.5 cm³/mol. The number of halogens is 1. The number of rotatable bonds is 5. The highest BCUT2D eigenvalue weighted by atomic mass is 35.5. The molecule has 0 fully saturated rings. The van der Waals surface area contributed by atoms with Gasteiger partial charge in [0, 0.05) is 24.3 Å². The summed E-state index contributed by atoms with van der Waals surface area (Å²) in [5.41, 5.74) is 0.432.